The number of methoxy groups -OCH3 is 1. The number of aryl methyl sites for hydroxylation is 1. The molecule has 0 radical (unpaired) electrons. The molecule has 0 unspecified atom stereocenters. The summed E-state index contributed by atoms with van der Waals surface area (Å²) in [6, 6.07) is 6.17. The molecular weight excluding hydrogens is 340 g/mol. The van der Waals surface area contributed by atoms with Crippen molar-refractivity contribution in [3.8, 4) is 5.75 Å². The number of aromatic nitrogens is 1. The quantitative estimate of drug-likeness (QED) is 0.779. The summed E-state index contributed by atoms with van der Waals surface area (Å²) in [7, 11) is 1.53. The molecule has 9 heteroatoms. The maximum Gasteiger partial charge on any atom is 0.322 e. The Labute approximate surface area is 148 Å². The third-order valence-corrected chi connectivity index (χ3v) is 4.61. The average Bonchev–Trinajstić information content (AvgIpc) is 3.26. The molecule has 1 fully saturated rings. The molecule has 134 valence electrons. The fraction of sp³-hybridized carbons (Fsp3) is 0.294. The number of carbonyl (C=O) groups excluding carboxylic acids is 3. The smallest absolute Gasteiger partial charge is 0.322 e. The van der Waals surface area contributed by atoms with Crippen molar-refractivity contribution in [3.63, 3.8) is 0 Å². The number of imide groups is 1. The van der Waals surface area contributed by atoms with Crippen molar-refractivity contribution in [1.29, 1.82) is 0 Å². The number of nitrogens with zero attached hydrogens (tertiary/aromatic N) is 2. The number of amides is 4. The third kappa shape index (κ3) is 2.32. The minimum absolute atomic E-state index is 0.0744. The molecule has 4 rings (SSSR count). The standard InChI is InChI=1S/C17H16N4O5/c1-9-5-13(26-20-9)17(15(23)18-16(24)19-17)8-21-7-10-3-4-11(25-2)6-12(10)14(21)22/h3-6H,7-8H2,1-2H3,(H2,18,19,23,24)/t17-/m0/s1. The van der Waals surface area contributed by atoms with Crippen molar-refractivity contribution in [2.75, 3.05) is 13.7 Å². The molecule has 2 aliphatic heterocycles. The zero-order valence-corrected chi connectivity index (χ0v) is 14.2. The normalized spacial score (nSPS) is 21.6. The minimum atomic E-state index is -1.51. The fourth-order valence-corrected chi connectivity index (χ4v) is 3.30. The number of carbonyl (C=O) groups is 3. The Morgan fingerprint density at radius 3 is 2.73 bits per heavy atom. The molecule has 0 spiro atoms. The first kappa shape index (κ1) is 16.1. The minimum Gasteiger partial charge on any atom is -0.497 e. The van der Waals surface area contributed by atoms with Gasteiger partial charge in [-0.2, -0.15) is 0 Å². The molecule has 0 saturated carbocycles. The molecule has 1 saturated heterocycles. The number of nitrogens with one attached hydrogen (secondary N) is 2. The van der Waals surface area contributed by atoms with Crippen molar-refractivity contribution in [3.05, 3.63) is 46.8 Å². The van der Waals surface area contributed by atoms with E-state index in [1.807, 2.05) is 6.07 Å². The van der Waals surface area contributed by atoms with E-state index in [1.165, 1.54) is 12.0 Å². The average molecular weight is 356 g/mol. The monoisotopic (exact) mass is 356 g/mol. The highest BCUT2D eigenvalue weighted by Gasteiger charge is 2.53. The van der Waals surface area contributed by atoms with Gasteiger partial charge in [0.05, 0.1) is 19.3 Å². The predicted octanol–water partition coefficient (Wildman–Crippen LogP) is 0.682. The van der Waals surface area contributed by atoms with Crippen LogP contribution in [0.1, 0.15) is 27.4 Å². The third-order valence-electron chi connectivity index (χ3n) is 4.61. The number of hydrogen-bond donors (Lipinski definition) is 2. The Kier molecular flexibility index (Phi) is 3.46. The van der Waals surface area contributed by atoms with Crippen LogP contribution in [-0.4, -0.2) is 41.6 Å². The van der Waals surface area contributed by atoms with Crippen molar-refractivity contribution in [2.24, 2.45) is 0 Å². The lowest BCUT2D eigenvalue weighted by Crippen LogP contribution is -2.52. The second-order valence-electron chi connectivity index (χ2n) is 6.33. The van der Waals surface area contributed by atoms with Crippen LogP contribution < -0.4 is 15.4 Å². The highest BCUT2D eigenvalue weighted by atomic mass is 16.5. The van der Waals surface area contributed by atoms with Crippen LogP contribution in [0.4, 0.5) is 4.79 Å². The summed E-state index contributed by atoms with van der Waals surface area (Å²) < 4.78 is 10.4. The van der Waals surface area contributed by atoms with Gasteiger partial charge >= 0.3 is 6.03 Å². The highest BCUT2D eigenvalue weighted by molar-refractivity contribution is 6.08. The van der Waals surface area contributed by atoms with Gasteiger partial charge < -0.3 is 19.5 Å². The first-order valence-electron chi connectivity index (χ1n) is 7.96. The molecule has 2 N–H and O–H groups in total. The lowest BCUT2D eigenvalue weighted by Gasteiger charge is -2.28. The summed E-state index contributed by atoms with van der Waals surface area (Å²) in [5.74, 6) is -0.0745. The first-order valence-corrected chi connectivity index (χ1v) is 7.96. The van der Waals surface area contributed by atoms with Gasteiger partial charge in [-0.15, -0.1) is 0 Å². The number of urea groups is 1. The van der Waals surface area contributed by atoms with E-state index < -0.39 is 17.5 Å². The number of ether oxygens (including phenoxy) is 1. The second-order valence-corrected chi connectivity index (χ2v) is 6.33. The van der Waals surface area contributed by atoms with Gasteiger partial charge in [0, 0.05) is 18.2 Å². The van der Waals surface area contributed by atoms with Crippen molar-refractivity contribution in [1.82, 2.24) is 20.7 Å². The van der Waals surface area contributed by atoms with Crippen LogP contribution >= 0.6 is 0 Å². The molecule has 0 aliphatic carbocycles. The molecule has 3 heterocycles. The molecule has 1 atom stereocenters. The summed E-state index contributed by atoms with van der Waals surface area (Å²) in [6.45, 7) is 1.95. The molecule has 26 heavy (non-hydrogen) atoms. The summed E-state index contributed by atoms with van der Waals surface area (Å²) in [4.78, 5) is 38.6. The summed E-state index contributed by atoms with van der Waals surface area (Å²) in [5, 5.41) is 8.60. The lowest BCUT2D eigenvalue weighted by atomic mass is 9.95. The molecule has 0 bridgehead atoms. The SMILES string of the molecule is COc1ccc2c(c1)C(=O)N(C[C@@]1(c3cc(C)no3)NC(=O)NC1=O)C2. The molecule has 2 aromatic rings. The predicted molar refractivity (Wildman–Crippen MR) is 87.3 cm³/mol. The van der Waals surface area contributed by atoms with Gasteiger partial charge in [-0.05, 0) is 24.6 Å². The Morgan fingerprint density at radius 2 is 2.12 bits per heavy atom. The van der Waals surface area contributed by atoms with Gasteiger partial charge in [0.25, 0.3) is 11.8 Å². The van der Waals surface area contributed by atoms with Crippen molar-refractivity contribution >= 4 is 17.8 Å². The fourth-order valence-electron chi connectivity index (χ4n) is 3.30. The molecular formula is C17H16N4O5. The largest absolute Gasteiger partial charge is 0.497 e. The molecule has 4 amide bonds. The molecule has 1 aromatic heterocycles. The highest BCUT2D eigenvalue weighted by Crippen LogP contribution is 2.32. The Hall–Kier alpha value is -3.36. The van der Waals surface area contributed by atoms with Crippen LogP contribution in [0.15, 0.2) is 28.8 Å². The number of benzene rings is 1. The van der Waals surface area contributed by atoms with E-state index in [2.05, 4.69) is 15.8 Å². The maximum atomic E-state index is 12.8. The Bertz CT molecular complexity index is 937. The second kappa shape index (κ2) is 5.58. The van der Waals surface area contributed by atoms with E-state index in [1.54, 1.807) is 25.1 Å². The van der Waals surface area contributed by atoms with Gasteiger partial charge in [-0.1, -0.05) is 11.2 Å². The Balaban J connectivity index is 1.69. The van der Waals surface area contributed by atoms with E-state index in [0.717, 1.165) is 5.56 Å². The van der Waals surface area contributed by atoms with Gasteiger partial charge in [-0.3, -0.25) is 14.9 Å². The number of fused-ring (bicyclic) bond motifs is 1. The van der Waals surface area contributed by atoms with Crippen LogP contribution in [0.5, 0.6) is 5.75 Å². The van der Waals surface area contributed by atoms with Gasteiger partial charge in [-0.25, -0.2) is 4.79 Å². The van der Waals surface area contributed by atoms with Crippen molar-refractivity contribution < 1.29 is 23.6 Å². The topological polar surface area (TPSA) is 114 Å². The van der Waals surface area contributed by atoms with Crippen LogP contribution in [0.25, 0.3) is 0 Å². The van der Waals surface area contributed by atoms with Crippen molar-refractivity contribution in [2.45, 2.75) is 19.0 Å². The maximum absolute atomic E-state index is 12.8. The summed E-state index contributed by atoms with van der Waals surface area (Å²) in [5.41, 5.74) is 0.386. The van der Waals surface area contributed by atoms with Gasteiger partial charge in [0.2, 0.25) is 0 Å². The summed E-state index contributed by atoms with van der Waals surface area (Å²) >= 11 is 0. The van der Waals surface area contributed by atoms with Crippen LogP contribution in [0, 0.1) is 6.92 Å². The van der Waals surface area contributed by atoms with E-state index >= 15 is 0 Å². The van der Waals surface area contributed by atoms with E-state index in [9.17, 15) is 14.4 Å². The van der Waals surface area contributed by atoms with E-state index in [0.29, 0.717) is 23.6 Å². The van der Waals surface area contributed by atoms with E-state index in [4.69, 9.17) is 9.26 Å². The molecule has 1 aromatic carbocycles. The zero-order chi connectivity index (χ0) is 18.5. The van der Waals surface area contributed by atoms with Crippen LogP contribution in [0.3, 0.4) is 0 Å². The first-order chi connectivity index (χ1) is 12.4. The number of hydrogen-bond acceptors (Lipinski definition) is 6. The molecule has 9 nitrogen and oxygen atoms in total. The van der Waals surface area contributed by atoms with Crippen LogP contribution in [0.2, 0.25) is 0 Å². The zero-order valence-electron chi connectivity index (χ0n) is 14.2. The Morgan fingerprint density at radius 1 is 1.31 bits per heavy atom. The van der Waals surface area contributed by atoms with Gasteiger partial charge in [0.15, 0.2) is 11.3 Å². The molecule has 2 aliphatic rings. The summed E-state index contributed by atoms with van der Waals surface area (Å²) in [6.07, 6.45) is 0. The number of rotatable bonds is 4. The lowest BCUT2D eigenvalue weighted by molar-refractivity contribution is -0.125. The van der Waals surface area contributed by atoms with Gasteiger partial charge in [0.1, 0.15) is 5.75 Å². The van der Waals surface area contributed by atoms with E-state index in [-0.39, 0.29) is 18.2 Å². The van der Waals surface area contributed by atoms with Crippen LogP contribution in [-0.2, 0) is 16.9 Å².